The van der Waals surface area contributed by atoms with E-state index in [0.29, 0.717) is 6.54 Å². The molecule has 0 saturated carbocycles. The minimum absolute atomic E-state index is 0.251. The summed E-state index contributed by atoms with van der Waals surface area (Å²) < 4.78 is 2.00. The molecule has 0 fully saturated rings. The van der Waals surface area contributed by atoms with E-state index in [1.165, 1.54) is 0 Å². The van der Waals surface area contributed by atoms with Crippen molar-refractivity contribution in [1.82, 2.24) is 9.55 Å². The van der Waals surface area contributed by atoms with Gasteiger partial charge in [0.1, 0.15) is 5.82 Å². The van der Waals surface area contributed by atoms with Crippen molar-refractivity contribution in [1.29, 1.82) is 0 Å². The predicted molar refractivity (Wildman–Crippen MR) is 68.5 cm³/mol. The van der Waals surface area contributed by atoms with E-state index in [9.17, 15) is 5.11 Å². The van der Waals surface area contributed by atoms with Gasteiger partial charge in [-0.2, -0.15) is 0 Å². The van der Waals surface area contributed by atoms with Crippen molar-refractivity contribution in [2.75, 3.05) is 0 Å². The zero-order chi connectivity index (χ0) is 12.3. The summed E-state index contributed by atoms with van der Waals surface area (Å²) in [4.78, 5) is 4.35. The van der Waals surface area contributed by atoms with E-state index in [2.05, 4.69) is 4.98 Å². The number of hydrogen-bond donors (Lipinski definition) is 1. The highest BCUT2D eigenvalue weighted by Gasteiger charge is 2.12. The maximum Gasteiger partial charge on any atom is 0.139 e. The Bertz CT molecular complexity index is 462. The highest BCUT2D eigenvalue weighted by atomic mass is 16.3. The monoisotopic (exact) mass is 230 g/mol. The molecule has 90 valence electrons. The predicted octanol–water partition coefficient (Wildman–Crippen LogP) is 2.57. The SMILES string of the molecule is CC(C)C(O)Cn1ccnc1-c1ccccc1. The normalized spacial score (nSPS) is 12.9. The molecule has 0 aliphatic heterocycles. The van der Waals surface area contributed by atoms with Crippen molar-refractivity contribution < 1.29 is 5.11 Å². The number of aliphatic hydroxyl groups excluding tert-OH is 1. The number of imidazole rings is 1. The standard InChI is InChI=1S/C14H18N2O/c1-11(2)13(17)10-16-9-8-15-14(16)12-6-4-3-5-7-12/h3-9,11,13,17H,10H2,1-2H3. The second-order valence-electron chi connectivity index (χ2n) is 4.58. The van der Waals surface area contributed by atoms with E-state index < -0.39 is 0 Å². The number of benzene rings is 1. The van der Waals surface area contributed by atoms with Gasteiger partial charge in [0.25, 0.3) is 0 Å². The van der Waals surface area contributed by atoms with Crippen molar-refractivity contribution in [3.63, 3.8) is 0 Å². The molecule has 1 aromatic carbocycles. The average molecular weight is 230 g/mol. The first-order chi connectivity index (χ1) is 8.18. The van der Waals surface area contributed by atoms with E-state index in [1.54, 1.807) is 6.20 Å². The van der Waals surface area contributed by atoms with Gasteiger partial charge in [-0.1, -0.05) is 44.2 Å². The molecule has 0 radical (unpaired) electrons. The second-order valence-corrected chi connectivity index (χ2v) is 4.58. The van der Waals surface area contributed by atoms with E-state index in [1.807, 2.05) is 54.9 Å². The van der Waals surface area contributed by atoms with Crippen LogP contribution < -0.4 is 0 Å². The Balaban J connectivity index is 2.23. The Morgan fingerprint density at radius 3 is 2.59 bits per heavy atom. The summed E-state index contributed by atoms with van der Waals surface area (Å²) >= 11 is 0. The molecule has 0 amide bonds. The molecule has 1 unspecified atom stereocenters. The molecule has 1 N–H and O–H groups in total. The minimum Gasteiger partial charge on any atom is -0.391 e. The molecule has 0 aliphatic carbocycles. The topological polar surface area (TPSA) is 38.0 Å². The lowest BCUT2D eigenvalue weighted by Gasteiger charge is -2.16. The number of nitrogens with zero attached hydrogens (tertiary/aromatic N) is 2. The Kier molecular flexibility index (Phi) is 3.59. The van der Waals surface area contributed by atoms with Gasteiger partial charge in [-0.05, 0) is 5.92 Å². The fourth-order valence-electron chi connectivity index (χ4n) is 1.72. The molecular weight excluding hydrogens is 212 g/mol. The number of hydrogen-bond acceptors (Lipinski definition) is 2. The Morgan fingerprint density at radius 2 is 1.94 bits per heavy atom. The van der Waals surface area contributed by atoms with Gasteiger partial charge < -0.3 is 9.67 Å². The van der Waals surface area contributed by atoms with Gasteiger partial charge in [0.2, 0.25) is 0 Å². The van der Waals surface area contributed by atoms with Crippen LogP contribution >= 0.6 is 0 Å². The van der Waals surface area contributed by atoms with Crippen LogP contribution in [0.3, 0.4) is 0 Å². The summed E-state index contributed by atoms with van der Waals surface area (Å²) in [7, 11) is 0. The van der Waals surface area contributed by atoms with Crippen LogP contribution in [0.25, 0.3) is 11.4 Å². The summed E-state index contributed by atoms with van der Waals surface area (Å²) in [6.45, 7) is 4.62. The second kappa shape index (κ2) is 5.15. The first kappa shape index (κ1) is 11.9. The van der Waals surface area contributed by atoms with Crippen molar-refractivity contribution in [3.05, 3.63) is 42.7 Å². The zero-order valence-corrected chi connectivity index (χ0v) is 10.2. The van der Waals surface area contributed by atoms with Crippen LogP contribution in [-0.4, -0.2) is 20.8 Å². The highest BCUT2D eigenvalue weighted by molar-refractivity contribution is 5.55. The van der Waals surface area contributed by atoms with Gasteiger partial charge in [-0.3, -0.25) is 0 Å². The molecule has 1 atom stereocenters. The Morgan fingerprint density at radius 1 is 1.24 bits per heavy atom. The van der Waals surface area contributed by atoms with Gasteiger partial charge in [-0.15, -0.1) is 0 Å². The summed E-state index contributed by atoms with van der Waals surface area (Å²) in [6, 6.07) is 10.0. The molecule has 1 aromatic heterocycles. The Labute approximate surface area is 102 Å². The third-order valence-corrected chi connectivity index (χ3v) is 2.90. The molecule has 0 bridgehead atoms. The number of rotatable bonds is 4. The van der Waals surface area contributed by atoms with Crippen LogP contribution in [0.4, 0.5) is 0 Å². The maximum atomic E-state index is 9.92. The maximum absolute atomic E-state index is 9.92. The summed E-state index contributed by atoms with van der Waals surface area (Å²) in [5, 5.41) is 9.92. The van der Waals surface area contributed by atoms with E-state index in [-0.39, 0.29) is 12.0 Å². The van der Waals surface area contributed by atoms with Crippen LogP contribution in [0.5, 0.6) is 0 Å². The van der Waals surface area contributed by atoms with Gasteiger partial charge in [0, 0.05) is 18.0 Å². The number of aromatic nitrogens is 2. The van der Waals surface area contributed by atoms with Gasteiger partial charge in [0.05, 0.1) is 12.6 Å². The molecule has 2 aromatic rings. The molecule has 3 heteroatoms. The molecule has 0 saturated heterocycles. The van der Waals surface area contributed by atoms with Crippen molar-refractivity contribution in [2.45, 2.75) is 26.5 Å². The molecule has 0 aliphatic rings. The lowest BCUT2D eigenvalue weighted by atomic mass is 10.1. The first-order valence-corrected chi connectivity index (χ1v) is 5.93. The van der Waals surface area contributed by atoms with Gasteiger partial charge in [-0.25, -0.2) is 4.98 Å². The summed E-state index contributed by atoms with van der Waals surface area (Å²) in [5.41, 5.74) is 1.08. The van der Waals surface area contributed by atoms with Crippen LogP contribution in [0.1, 0.15) is 13.8 Å². The molecule has 2 rings (SSSR count). The molecule has 17 heavy (non-hydrogen) atoms. The minimum atomic E-state index is -0.341. The first-order valence-electron chi connectivity index (χ1n) is 5.93. The van der Waals surface area contributed by atoms with E-state index in [4.69, 9.17) is 0 Å². The fraction of sp³-hybridized carbons (Fsp3) is 0.357. The zero-order valence-electron chi connectivity index (χ0n) is 10.2. The molecule has 1 heterocycles. The molecule has 0 spiro atoms. The van der Waals surface area contributed by atoms with Crippen LogP contribution in [-0.2, 0) is 6.54 Å². The summed E-state index contributed by atoms with van der Waals surface area (Å²) in [6.07, 6.45) is 3.34. The third-order valence-electron chi connectivity index (χ3n) is 2.90. The Hall–Kier alpha value is -1.61. The average Bonchev–Trinajstić information content (AvgIpc) is 2.78. The van der Waals surface area contributed by atoms with Crippen molar-refractivity contribution in [3.8, 4) is 11.4 Å². The van der Waals surface area contributed by atoms with Crippen LogP contribution in [0, 0.1) is 5.92 Å². The highest BCUT2D eigenvalue weighted by Crippen LogP contribution is 2.18. The fourth-order valence-corrected chi connectivity index (χ4v) is 1.72. The lowest BCUT2D eigenvalue weighted by molar-refractivity contribution is 0.107. The smallest absolute Gasteiger partial charge is 0.139 e. The van der Waals surface area contributed by atoms with Crippen LogP contribution in [0.15, 0.2) is 42.7 Å². The van der Waals surface area contributed by atoms with E-state index >= 15 is 0 Å². The van der Waals surface area contributed by atoms with Crippen LogP contribution in [0.2, 0.25) is 0 Å². The van der Waals surface area contributed by atoms with Gasteiger partial charge in [0.15, 0.2) is 0 Å². The lowest BCUT2D eigenvalue weighted by Crippen LogP contribution is -2.21. The molecular formula is C14H18N2O. The van der Waals surface area contributed by atoms with Crippen molar-refractivity contribution in [2.24, 2.45) is 5.92 Å². The number of aliphatic hydroxyl groups is 1. The molecule has 3 nitrogen and oxygen atoms in total. The quantitative estimate of drug-likeness (QED) is 0.876. The van der Waals surface area contributed by atoms with Crippen molar-refractivity contribution >= 4 is 0 Å². The van der Waals surface area contributed by atoms with E-state index in [0.717, 1.165) is 11.4 Å². The van der Waals surface area contributed by atoms with Gasteiger partial charge >= 0.3 is 0 Å². The summed E-state index contributed by atoms with van der Waals surface area (Å²) in [5.74, 6) is 1.16. The third kappa shape index (κ3) is 2.74. The largest absolute Gasteiger partial charge is 0.391 e.